The summed E-state index contributed by atoms with van der Waals surface area (Å²) in [6, 6.07) is 9.79. The van der Waals surface area contributed by atoms with Gasteiger partial charge in [0.15, 0.2) is 0 Å². The van der Waals surface area contributed by atoms with Gasteiger partial charge in [-0.25, -0.2) is 0 Å². The summed E-state index contributed by atoms with van der Waals surface area (Å²) in [7, 11) is 1.78. The Morgan fingerprint density at radius 2 is 2.00 bits per heavy atom. The summed E-state index contributed by atoms with van der Waals surface area (Å²) in [4.78, 5) is 2.57. The normalized spacial score (nSPS) is 18.8. The Labute approximate surface area is 129 Å². The van der Waals surface area contributed by atoms with Gasteiger partial charge in [0.25, 0.3) is 0 Å². The summed E-state index contributed by atoms with van der Waals surface area (Å²) >= 11 is 0. The molecule has 0 aromatic heterocycles. The molecule has 1 atom stereocenters. The number of hydrogen-bond acceptors (Lipinski definition) is 3. The summed E-state index contributed by atoms with van der Waals surface area (Å²) in [5, 5.41) is 3.81. The Morgan fingerprint density at radius 3 is 2.67 bits per heavy atom. The molecule has 21 heavy (non-hydrogen) atoms. The van der Waals surface area contributed by atoms with Crippen molar-refractivity contribution >= 4 is 0 Å². The lowest BCUT2D eigenvalue weighted by atomic mass is 9.99. The van der Waals surface area contributed by atoms with Crippen molar-refractivity contribution < 1.29 is 4.74 Å². The monoisotopic (exact) mass is 290 g/mol. The van der Waals surface area contributed by atoms with Gasteiger partial charge >= 0.3 is 0 Å². The molecule has 0 radical (unpaired) electrons. The van der Waals surface area contributed by atoms with E-state index in [1.807, 2.05) is 0 Å². The predicted octanol–water partition coefficient (Wildman–Crippen LogP) is 3.15. The van der Waals surface area contributed by atoms with Crippen LogP contribution in [0.25, 0.3) is 0 Å². The number of nitrogens with one attached hydrogen (secondary N) is 1. The molecule has 3 heteroatoms. The second kappa shape index (κ2) is 8.52. The van der Waals surface area contributed by atoms with Crippen molar-refractivity contribution in [1.82, 2.24) is 10.2 Å². The maximum atomic E-state index is 5.13. The number of aryl methyl sites for hydroxylation is 1. The largest absolute Gasteiger partial charge is 0.385 e. The van der Waals surface area contributed by atoms with Crippen LogP contribution >= 0.6 is 0 Å². The molecule has 1 heterocycles. The third-order valence-corrected chi connectivity index (χ3v) is 4.55. The van der Waals surface area contributed by atoms with Gasteiger partial charge in [-0.05, 0) is 57.3 Å². The lowest BCUT2D eigenvalue weighted by molar-refractivity contribution is 0.151. The number of rotatable bonds is 7. The standard InChI is InChI=1S/C18H30N2O/c1-15-7-4-5-8-18(15)16(2)19-17-9-12-20(13-10-17)11-6-14-21-3/h4-5,7-8,16-17,19H,6,9-14H2,1-3H3. The molecule has 0 amide bonds. The molecule has 1 aliphatic rings. The first-order chi connectivity index (χ1) is 10.2. The van der Waals surface area contributed by atoms with Crippen molar-refractivity contribution in [2.45, 2.75) is 45.2 Å². The van der Waals surface area contributed by atoms with Gasteiger partial charge in [0.2, 0.25) is 0 Å². The van der Waals surface area contributed by atoms with Gasteiger partial charge in [-0.1, -0.05) is 24.3 Å². The van der Waals surface area contributed by atoms with Gasteiger partial charge in [0, 0.05) is 32.3 Å². The first-order valence-corrected chi connectivity index (χ1v) is 8.23. The van der Waals surface area contributed by atoms with E-state index in [2.05, 4.69) is 48.3 Å². The highest BCUT2D eigenvalue weighted by Crippen LogP contribution is 2.20. The highest BCUT2D eigenvalue weighted by molar-refractivity contribution is 5.28. The first kappa shape index (κ1) is 16.5. The molecule has 0 bridgehead atoms. The number of hydrogen-bond donors (Lipinski definition) is 1. The van der Waals surface area contributed by atoms with Gasteiger partial charge in [0.1, 0.15) is 0 Å². The van der Waals surface area contributed by atoms with Gasteiger partial charge in [-0.3, -0.25) is 0 Å². The van der Waals surface area contributed by atoms with Crippen LogP contribution in [0.15, 0.2) is 24.3 Å². The Kier molecular flexibility index (Phi) is 6.68. The SMILES string of the molecule is COCCCN1CCC(NC(C)c2ccccc2C)CC1. The third-order valence-electron chi connectivity index (χ3n) is 4.55. The number of benzene rings is 1. The van der Waals surface area contributed by atoms with Crippen molar-refractivity contribution in [3.05, 3.63) is 35.4 Å². The molecule has 1 N–H and O–H groups in total. The van der Waals surface area contributed by atoms with E-state index in [1.165, 1.54) is 43.6 Å². The molecule has 1 aromatic rings. The van der Waals surface area contributed by atoms with Crippen LogP contribution in [-0.2, 0) is 4.74 Å². The topological polar surface area (TPSA) is 24.5 Å². The van der Waals surface area contributed by atoms with Crippen LogP contribution in [0.1, 0.15) is 43.4 Å². The van der Waals surface area contributed by atoms with Gasteiger partial charge in [-0.2, -0.15) is 0 Å². The van der Waals surface area contributed by atoms with Crippen LogP contribution in [0.4, 0.5) is 0 Å². The van der Waals surface area contributed by atoms with E-state index in [9.17, 15) is 0 Å². The Hall–Kier alpha value is -0.900. The summed E-state index contributed by atoms with van der Waals surface area (Å²) in [5.74, 6) is 0. The van der Waals surface area contributed by atoms with E-state index in [4.69, 9.17) is 4.74 Å². The van der Waals surface area contributed by atoms with Crippen LogP contribution in [-0.4, -0.2) is 44.3 Å². The van der Waals surface area contributed by atoms with Crippen LogP contribution in [0.3, 0.4) is 0 Å². The van der Waals surface area contributed by atoms with Crippen LogP contribution < -0.4 is 5.32 Å². The zero-order chi connectivity index (χ0) is 15.1. The lowest BCUT2D eigenvalue weighted by Crippen LogP contribution is -2.43. The molecule has 2 rings (SSSR count). The molecule has 1 fully saturated rings. The smallest absolute Gasteiger partial charge is 0.0474 e. The first-order valence-electron chi connectivity index (χ1n) is 8.23. The van der Waals surface area contributed by atoms with E-state index in [1.54, 1.807) is 7.11 Å². The number of ether oxygens (including phenoxy) is 1. The maximum Gasteiger partial charge on any atom is 0.0474 e. The molecule has 1 saturated heterocycles. The number of nitrogens with zero attached hydrogens (tertiary/aromatic N) is 1. The molecular formula is C18H30N2O. The fraction of sp³-hybridized carbons (Fsp3) is 0.667. The zero-order valence-electron chi connectivity index (χ0n) is 13.8. The summed E-state index contributed by atoms with van der Waals surface area (Å²) in [5.41, 5.74) is 2.81. The van der Waals surface area contributed by atoms with Gasteiger partial charge in [0.05, 0.1) is 0 Å². The molecule has 0 aliphatic carbocycles. The van der Waals surface area contributed by atoms with Crippen molar-refractivity contribution in [3.8, 4) is 0 Å². The minimum atomic E-state index is 0.441. The molecule has 1 aromatic carbocycles. The van der Waals surface area contributed by atoms with E-state index >= 15 is 0 Å². The minimum absolute atomic E-state index is 0.441. The van der Waals surface area contributed by atoms with Crippen molar-refractivity contribution in [2.24, 2.45) is 0 Å². The maximum absolute atomic E-state index is 5.13. The average Bonchev–Trinajstić information content (AvgIpc) is 2.49. The summed E-state index contributed by atoms with van der Waals surface area (Å²) in [6.45, 7) is 8.96. The second-order valence-electron chi connectivity index (χ2n) is 6.21. The molecule has 1 aliphatic heterocycles. The quantitative estimate of drug-likeness (QED) is 0.781. The number of methoxy groups -OCH3 is 1. The van der Waals surface area contributed by atoms with Crippen molar-refractivity contribution in [1.29, 1.82) is 0 Å². The number of piperidine rings is 1. The fourth-order valence-electron chi connectivity index (χ4n) is 3.27. The molecule has 118 valence electrons. The van der Waals surface area contributed by atoms with E-state index < -0.39 is 0 Å². The highest BCUT2D eigenvalue weighted by atomic mass is 16.5. The van der Waals surface area contributed by atoms with Crippen molar-refractivity contribution in [2.75, 3.05) is 33.4 Å². The predicted molar refractivity (Wildman–Crippen MR) is 88.7 cm³/mol. The highest BCUT2D eigenvalue weighted by Gasteiger charge is 2.20. The second-order valence-corrected chi connectivity index (χ2v) is 6.21. The lowest BCUT2D eigenvalue weighted by Gasteiger charge is -2.34. The Bertz CT molecular complexity index is 413. The molecule has 1 unspecified atom stereocenters. The van der Waals surface area contributed by atoms with Gasteiger partial charge in [-0.15, -0.1) is 0 Å². The van der Waals surface area contributed by atoms with E-state index in [0.717, 1.165) is 13.0 Å². The zero-order valence-corrected chi connectivity index (χ0v) is 13.8. The summed E-state index contributed by atoms with van der Waals surface area (Å²) < 4.78 is 5.13. The number of likely N-dealkylation sites (tertiary alicyclic amines) is 1. The molecule has 0 spiro atoms. The Morgan fingerprint density at radius 1 is 1.29 bits per heavy atom. The van der Waals surface area contributed by atoms with Crippen LogP contribution in [0.5, 0.6) is 0 Å². The van der Waals surface area contributed by atoms with Crippen LogP contribution in [0.2, 0.25) is 0 Å². The molecular weight excluding hydrogens is 260 g/mol. The minimum Gasteiger partial charge on any atom is -0.385 e. The molecule has 0 saturated carbocycles. The van der Waals surface area contributed by atoms with E-state index in [0.29, 0.717) is 12.1 Å². The third kappa shape index (κ3) is 5.10. The average molecular weight is 290 g/mol. The molecule has 3 nitrogen and oxygen atoms in total. The summed E-state index contributed by atoms with van der Waals surface area (Å²) in [6.07, 6.45) is 3.65. The van der Waals surface area contributed by atoms with E-state index in [-0.39, 0.29) is 0 Å². The van der Waals surface area contributed by atoms with Crippen LogP contribution in [0, 0.1) is 6.92 Å². The Balaban J connectivity index is 1.74. The fourth-order valence-corrected chi connectivity index (χ4v) is 3.27. The van der Waals surface area contributed by atoms with Gasteiger partial charge < -0.3 is 15.0 Å². The van der Waals surface area contributed by atoms with Crippen molar-refractivity contribution in [3.63, 3.8) is 0 Å².